The summed E-state index contributed by atoms with van der Waals surface area (Å²) >= 11 is 0. The number of hydrogen-bond acceptors (Lipinski definition) is 5. The first kappa shape index (κ1) is 16.6. The highest BCUT2D eigenvalue weighted by atomic mass is 16.6. The minimum absolute atomic E-state index is 0.0106. The zero-order valence-corrected chi connectivity index (χ0v) is 12.1. The van der Waals surface area contributed by atoms with Crippen LogP contribution in [0.5, 0.6) is 0 Å². The molecule has 0 spiro atoms. The largest absolute Gasteiger partial charge is 0.458 e. The Balaban J connectivity index is 2.66. The molecule has 1 heterocycles. The number of aliphatic hydroxyl groups is 1. The minimum Gasteiger partial charge on any atom is -0.458 e. The molecule has 0 radical (unpaired) electrons. The quantitative estimate of drug-likeness (QED) is 0.538. The SMILES string of the molecule is C=C1C(=O)OC(CC(C)=O)C1CC(=O)C(C)CCCO. The number of carbonyl (C=O) groups excluding carboxylic acids is 3. The highest BCUT2D eigenvalue weighted by Crippen LogP contribution is 2.32. The fraction of sp³-hybridized carbons (Fsp3) is 0.667. The van der Waals surface area contributed by atoms with Crippen molar-refractivity contribution in [3.05, 3.63) is 12.2 Å². The van der Waals surface area contributed by atoms with Gasteiger partial charge in [-0.25, -0.2) is 4.79 Å². The summed E-state index contributed by atoms with van der Waals surface area (Å²) in [4.78, 5) is 34.8. The highest BCUT2D eigenvalue weighted by Gasteiger charge is 2.40. The number of ketones is 2. The van der Waals surface area contributed by atoms with Gasteiger partial charge in [0.25, 0.3) is 0 Å². The normalized spacial score (nSPS) is 23.6. The molecule has 3 unspecified atom stereocenters. The molecule has 0 aromatic heterocycles. The van der Waals surface area contributed by atoms with Crippen LogP contribution in [0.25, 0.3) is 0 Å². The van der Waals surface area contributed by atoms with Crippen molar-refractivity contribution >= 4 is 17.5 Å². The summed E-state index contributed by atoms with van der Waals surface area (Å²) < 4.78 is 5.11. The van der Waals surface area contributed by atoms with Crippen LogP contribution in [0.3, 0.4) is 0 Å². The average molecular weight is 282 g/mol. The summed E-state index contributed by atoms with van der Waals surface area (Å²) in [7, 11) is 0. The zero-order valence-electron chi connectivity index (χ0n) is 12.1. The molecule has 0 aromatic rings. The van der Waals surface area contributed by atoms with Crippen LogP contribution in [-0.2, 0) is 19.1 Å². The van der Waals surface area contributed by atoms with Gasteiger partial charge in [-0.05, 0) is 19.8 Å². The first-order valence-electron chi connectivity index (χ1n) is 6.89. The van der Waals surface area contributed by atoms with Crippen molar-refractivity contribution in [1.82, 2.24) is 0 Å². The van der Waals surface area contributed by atoms with Gasteiger partial charge in [0.15, 0.2) is 0 Å². The fourth-order valence-corrected chi connectivity index (χ4v) is 2.37. The molecule has 0 bridgehead atoms. The van der Waals surface area contributed by atoms with Crippen LogP contribution in [0, 0.1) is 11.8 Å². The maximum Gasteiger partial charge on any atom is 0.334 e. The summed E-state index contributed by atoms with van der Waals surface area (Å²) in [5.41, 5.74) is 0.277. The lowest BCUT2D eigenvalue weighted by atomic mass is 9.85. The van der Waals surface area contributed by atoms with Crippen LogP contribution in [0.2, 0.25) is 0 Å². The van der Waals surface area contributed by atoms with Crippen LogP contribution < -0.4 is 0 Å². The Morgan fingerprint density at radius 1 is 1.40 bits per heavy atom. The monoisotopic (exact) mass is 282 g/mol. The molecule has 3 atom stereocenters. The lowest BCUT2D eigenvalue weighted by Crippen LogP contribution is -2.24. The molecule has 0 aromatic carbocycles. The van der Waals surface area contributed by atoms with Crippen molar-refractivity contribution in [3.8, 4) is 0 Å². The molecule has 1 saturated heterocycles. The molecule has 20 heavy (non-hydrogen) atoms. The first-order chi connectivity index (χ1) is 9.36. The van der Waals surface area contributed by atoms with Crippen LogP contribution in [0.15, 0.2) is 12.2 Å². The number of esters is 1. The second kappa shape index (κ2) is 7.33. The van der Waals surface area contributed by atoms with Crippen molar-refractivity contribution in [2.45, 2.75) is 45.6 Å². The van der Waals surface area contributed by atoms with Crippen molar-refractivity contribution in [1.29, 1.82) is 0 Å². The van der Waals surface area contributed by atoms with E-state index in [0.29, 0.717) is 12.8 Å². The molecular weight excluding hydrogens is 260 g/mol. The van der Waals surface area contributed by atoms with Gasteiger partial charge in [-0.1, -0.05) is 13.5 Å². The summed E-state index contributed by atoms with van der Waals surface area (Å²) in [5, 5.41) is 8.77. The number of ether oxygens (including phenoxy) is 1. The Morgan fingerprint density at radius 2 is 2.05 bits per heavy atom. The Kier molecular flexibility index (Phi) is 6.07. The Morgan fingerprint density at radius 3 is 2.60 bits per heavy atom. The molecule has 1 aliphatic heterocycles. The van der Waals surface area contributed by atoms with Crippen LogP contribution in [0.4, 0.5) is 0 Å². The Labute approximate surface area is 119 Å². The average Bonchev–Trinajstić information content (AvgIpc) is 2.62. The van der Waals surface area contributed by atoms with E-state index < -0.39 is 18.0 Å². The first-order valence-corrected chi connectivity index (χ1v) is 6.89. The molecule has 0 amide bonds. The molecule has 1 N–H and O–H groups in total. The van der Waals surface area contributed by atoms with E-state index in [1.54, 1.807) is 6.92 Å². The molecule has 1 rings (SSSR count). The van der Waals surface area contributed by atoms with E-state index in [1.165, 1.54) is 6.92 Å². The standard InChI is InChI=1S/C15H22O5/c1-9(5-4-6-16)13(18)8-12-11(3)15(19)20-14(12)7-10(2)17/h9,12,14,16H,3-8H2,1-2H3. The van der Waals surface area contributed by atoms with E-state index in [2.05, 4.69) is 6.58 Å². The van der Waals surface area contributed by atoms with Crippen LogP contribution >= 0.6 is 0 Å². The minimum atomic E-state index is -0.568. The van der Waals surface area contributed by atoms with Gasteiger partial charge in [-0.15, -0.1) is 0 Å². The fourth-order valence-electron chi connectivity index (χ4n) is 2.37. The van der Waals surface area contributed by atoms with Gasteiger partial charge < -0.3 is 9.84 Å². The highest BCUT2D eigenvalue weighted by molar-refractivity contribution is 5.93. The van der Waals surface area contributed by atoms with Crippen LogP contribution in [0.1, 0.15) is 39.5 Å². The molecule has 112 valence electrons. The summed E-state index contributed by atoms with van der Waals surface area (Å²) in [5.74, 6) is -1.17. The summed E-state index contributed by atoms with van der Waals surface area (Å²) in [6.07, 6.45) is 0.899. The number of Topliss-reactive ketones (excluding diaryl/α,β-unsaturated/α-hetero) is 2. The van der Waals surface area contributed by atoms with Gasteiger partial charge >= 0.3 is 5.97 Å². The predicted molar refractivity (Wildman–Crippen MR) is 72.9 cm³/mol. The number of rotatable bonds is 8. The van der Waals surface area contributed by atoms with Gasteiger partial charge in [0.2, 0.25) is 0 Å². The predicted octanol–water partition coefficient (Wildman–Crippen LogP) is 1.43. The van der Waals surface area contributed by atoms with E-state index in [-0.39, 0.29) is 42.5 Å². The molecule has 0 aliphatic carbocycles. The number of cyclic esters (lactones) is 1. The molecule has 5 heteroatoms. The lowest BCUT2D eigenvalue weighted by Gasteiger charge is -2.18. The maximum absolute atomic E-state index is 12.1. The zero-order chi connectivity index (χ0) is 15.3. The third kappa shape index (κ3) is 4.27. The molecule has 1 fully saturated rings. The van der Waals surface area contributed by atoms with Crippen LogP contribution in [-0.4, -0.2) is 35.4 Å². The molecular formula is C15H22O5. The van der Waals surface area contributed by atoms with E-state index in [0.717, 1.165) is 0 Å². The van der Waals surface area contributed by atoms with Gasteiger partial charge in [-0.3, -0.25) is 9.59 Å². The second-order valence-corrected chi connectivity index (χ2v) is 5.42. The van der Waals surface area contributed by atoms with E-state index >= 15 is 0 Å². The van der Waals surface area contributed by atoms with Crippen molar-refractivity contribution in [3.63, 3.8) is 0 Å². The van der Waals surface area contributed by atoms with E-state index in [1.807, 2.05) is 0 Å². The van der Waals surface area contributed by atoms with E-state index in [9.17, 15) is 14.4 Å². The lowest BCUT2D eigenvalue weighted by molar-refractivity contribution is -0.140. The molecule has 5 nitrogen and oxygen atoms in total. The Hall–Kier alpha value is -1.49. The number of carbonyl (C=O) groups is 3. The van der Waals surface area contributed by atoms with Gasteiger partial charge in [0.05, 0.1) is 0 Å². The second-order valence-electron chi connectivity index (χ2n) is 5.42. The van der Waals surface area contributed by atoms with Gasteiger partial charge in [-0.2, -0.15) is 0 Å². The molecule has 0 saturated carbocycles. The number of aliphatic hydroxyl groups excluding tert-OH is 1. The maximum atomic E-state index is 12.1. The summed E-state index contributed by atoms with van der Waals surface area (Å²) in [6.45, 7) is 6.96. The number of hydrogen-bond donors (Lipinski definition) is 1. The van der Waals surface area contributed by atoms with Crippen molar-refractivity contribution in [2.24, 2.45) is 11.8 Å². The summed E-state index contributed by atoms with van der Waals surface area (Å²) in [6, 6.07) is 0. The Bertz CT molecular complexity index is 412. The van der Waals surface area contributed by atoms with Gasteiger partial charge in [0.1, 0.15) is 17.7 Å². The van der Waals surface area contributed by atoms with Crippen molar-refractivity contribution < 1.29 is 24.2 Å². The van der Waals surface area contributed by atoms with Gasteiger partial charge in [0, 0.05) is 36.9 Å². The van der Waals surface area contributed by atoms with E-state index in [4.69, 9.17) is 9.84 Å². The van der Waals surface area contributed by atoms with Crippen molar-refractivity contribution in [2.75, 3.05) is 6.61 Å². The third-order valence-electron chi connectivity index (χ3n) is 3.67. The molecule has 1 aliphatic rings. The topological polar surface area (TPSA) is 80.7 Å². The third-order valence-corrected chi connectivity index (χ3v) is 3.67. The smallest absolute Gasteiger partial charge is 0.334 e.